The van der Waals surface area contributed by atoms with E-state index in [-0.39, 0.29) is 0 Å². The molecule has 0 amide bonds. The molecule has 0 unspecified atom stereocenters. The molecule has 0 aliphatic heterocycles. The molecule has 2 aromatic rings. The Balaban J connectivity index is 2.36. The van der Waals surface area contributed by atoms with Crippen LogP contribution in [0.2, 0.25) is 0 Å². The first-order valence-electron chi connectivity index (χ1n) is 6.88. The van der Waals surface area contributed by atoms with Gasteiger partial charge in [0.05, 0.1) is 5.69 Å². The van der Waals surface area contributed by atoms with Gasteiger partial charge >= 0.3 is 0 Å². The fourth-order valence-corrected chi connectivity index (χ4v) is 2.00. The summed E-state index contributed by atoms with van der Waals surface area (Å²) < 4.78 is 0. The topological polar surface area (TPSA) is 63.8 Å². The lowest BCUT2D eigenvalue weighted by atomic mass is 10.1. The molecule has 3 N–H and O–H groups in total. The fraction of sp³-hybridized carbons (Fsp3) is 0.250. The maximum atomic E-state index is 6.01. The predicted molar refractivity (Wildman–Crippen MR) is 85.4 cm³/mol. The summed E-state index contributed by atoms with van der Waals surface area (Å²) in [5, 5.41) is 3.10. The lowest BCUT2D eigenvalue weighted by Gasteiger charge is -2.09. The van der Waals surface area contributed by atoms with Gasteiger partial charge < -0.3 is 11.1 Å². The Labute approximate surface area is 119 Å². The molecule has 104 valence electrons. The van der Waals surface area contributed by atoms with Gasteiger partial charge in [-0.05, 0) is 25.0 Å². The van der Waals surface area contributed by atoms with E-state index in [1.807, 2.05) is 37.3 Å². The number of rotatable bonds is 5. The Morgan fingerprint density at radius 2 is 1.85 bits per heavy atom. The SMILES string of the molecule is CCNc1nc(N)c(CC)c(C=Cc2ccccc2)n1. The molecule has 0 saturated heterocycles. The third-order valence-corrected chi connectivity index (χ3v) is 2.99. The number of nitrogens with zero attached hydrogens (tertiary/aromatic N) is 2. The average Bonchev–Trinajstić information content (AvgIpc) is 2.46. The lowest BCUT2D eigenvalue weighted by Crippen LogP contribution is -2.08. The van der Waals surface area contributed by atoms with E-state index >= 15 is 0 Å². The van der Waals surface area contributed by atoms with Gasteiger partial charge in [-0.1, -0.05) is 43.3 Å². The van der Waals surface area contributed by atoms with Crippen LogP contribution in [0.3, 0.4) is 0 Å². The van der Waals surface area contributed by atoms with E-state index in [1.54, 1.807) is 0 Å². The second kappa shape index (κ2) is 6.70. The van der Waals surface area contributed by atoms with Crippen molar-refractivity contribution >= 4 is 23.9 Å². The van der Waals surface area contributed by atoms with Crippen molar-refractivity contribution < 1.29 is 0 Å². The molecule has 0 radical (unpaired) electrons. The van der Waals surface area contributed by atoms with Gasteiger partial charge in [-0.15, -0.1) is 0 Å². The molecule has 4 nitrogen and oxygen atoms in total. The van der Waals surface area contributed by atoms with E-state index in [1.165, 1.54) is 0 Å². The maximum Gasteiger partial charge on any atom is 0.225 e. The summed E-state index contributed by atoms with van der Waals surface area (Å²) >= 11 is 0. The van der Waals surface area contributed by atoms with Crippen molar-refractivity contribution in [3.8, 4) is 0 Å². The van der Waals surface area contributed by atoms with Crippen LogP contribution in [0.1, 0.15) is 30.7 Å². The Morgan fingerprint density at radius 3 is 2.50 bits per heavy atom. The normalized spacial score (nSPS) is 10.9. The Hall–Kier alpha value is -2.36. The minimum atomic E-state index is 0.547. The van der Waals surface area contributed by atoms with E-state index in [2.05, 4.69) is 34.3 Å². The first-order valence-corrected chi connectivity index (χ1v) is 6.88. The molecule has 0 bridgehead atoms. The monoisotopic (exact) mass is 268 g/mol. The molecular weight excluding hydrogens is 248 g/mol. The second-order valence-electron chi connectivity index (χ2n) is 4.42. The lowest BCUT2D eigenvalue weighted by molar-refractivity contribution is 1.02. The highest BCUT2D eigenvalue weighted by atomic mass is 15.1. The van der Waals surface area contributed by atoms with Crippen LogP contribution in [0.25, 0.3) is 12.2 Å². The largest absolute Gasteiger partial charge is 0.383 e. The van der Waals surface area contributed by atoms with Gasteiger partial charge in [0.15, 0.2) is 0 Å². The molecule has 4 heteroatoms. The number of hydrogen-bond acceptors (Lipinski definition) is 4. The zero-order valence-corrected chi connectivity index (χ0v) is 11.9. The minimum absolute atomic E-state index is 0.547. The van der Waals surface area contributed by atoms with Crippen molar-refractivity contribution in [3.05, 3.63) is 47.2 Å². The highest BCUT2D eigenvalue weighted by Crippen LogP contribution is 2.19. The highest BCUT2D eigenvalue weighted by molar-refractivity contribution is 5.71. The van der Waals surface area contributed by atoms with Crippen LogP contribution < -0.4 is 11.1 Å². The van der Waals surface area contributed by atoms with Gasteiger partial charge in [-0.3, -0.25) is 0 Å². The molecule has 1 aromatic carbocycles. The molecule has 0 atom stereocenters. The van der Waals surface area contributed by atoms with E-state index in [9.17, 15) is 0 Å². The van der Waals surface area contributed by atoms with Crippen LogP contribution in [0.15, 0.2) is 30.3 Å². The Bertz CT molecular complexity index is 591. The molecule has 1 heterocycles. The molecule has 0 saturated carbocycles. The number of aromatic nitrogens is 2. The van der Waals surface area contributed by atoms with E-state index < -0.39 is 0 Å². The molecule has 1 aromatic heterocycles. The van der Waals surface area contributed by atoms with Crippen LogP contribution >= 0.6 is 0 Å². The van der Waals surface area contributed by atoms with Crippen molar-refractivity contribution in [2.75, 3.05) is 17.6 Å². The highest BCUT2D eigenvalue weighted by Gasteiger charge is 2.08. The summed E-state index contributed by atoms with van der Waals surface area (Å²) in [5.74, 6) is 1.13. The van der Waals surface area contributed by atoms with Crippen molar-refractivity contribution in [3.63, 3.8) is 0 Å². The third-order valence-electron chi connectivity index (χ3n) is 2.99. The van der Waals surface area contributed by atoms with Gasteiger partial charge in [0.2, 0.25) is 5.95 Å². The second-order valence-corrected chi connectivity index (χ2v) is 4.42. The zero-order valence-electron chi connectivity index (χ0n) is 11.9. The third kappa shape index (κ3) is 3.35. The molecule has 0 fully saturated rings. The van der Waals surface area contributed by atoms with Crippen molar-refractivity contribution in [2.45, 2.75) is 20.3 Å². The van der Waals surface area contributed by atoms with E-state index in [4.69, 9.17) is 5.73 Å². The summed E-state index contributed by atoms with van der Waals surface area (Å²) in [5.41, 5.74) is 9.00. The number of nitrogen functional groups attached to an aromatic ring is 1. The van der Waals surface area contributed by atoms with Crippen LogP contribution in [0.5, 0.6) is 0 Å². The molecule has 0 spiro atoms. The van der Waals surface area contributed by atoms with Crippen LogP contribution in [-0.4, -0.2) is 16.5 Å². The van der Waals surface area contributed by atoms with E-state index in [0.717, 1.165) is 29.8 Å². The van der Waals surface area contributed by atoms with Crippen LogP contribution in [-0.2, 0) is 6.42 Å². The molecular formula is C16H20N4. The van der Waals surface area contributed by atoms with Crippen LogP contribution in [0, 0.1) is 0 Å². The number of nitrogens with one attached hydrogen (secondary N) is 1. The predicted octanol–water partition coefficient (Wildman–Crippen LogP) is 3.22. The molecule has 20 heavy (non-hydrogen) atoms. The quantitative estimate of drug-likeness (QED) is 0.874. The number of hydrogen-bond donors (Lipinski definition) is 2. The maximum absolute atomic E-state index is 6.01. The van der Waals surface area contributed by atoms with Crippen molar-refractivity contribution in [2.24, 2.45) is 0 Å². The standard InChI is InChI=1S/C16H20N4/c1-3-13-14(11-10-12-8-6-5-7-9-12)19-16(18-4-2)20-15(13)17/h5-11H,3-4H2,1-2H3,(H3,17,18,19,20). The summed E-state index contributed by atoms with van der Waals surface area (Å²) in [6, 6.07) is 10.1. The smallest absolute Gasteiger partial charge is 0.225 e. The number of benzene rings is 1. The Kier molecular flexibility index (Phi) is 4.71. The summed E-state index contributed by atoms with van der Waals surface area (Å²) in [7, 11) is 0. The first-order chi connectivity index (χ1) is 9.74. The average molecular weight is 268 g/mol. The Morgan fingerprint density at radius 1 is 1.10 bits per heavy atom. The van der Waals surface area contributed by atoms with Gasteiger partial charge in [-0.2, -0.15) is 4.98 Å². The zero-order chi connectivity index (χ0) is 14.4. The van der Waals surface area contributed by atoms with Gasteiger partial charge in [0.1, 0.15) is 5.82 Å². The molecule has 2 rings (SSSR count). The first kappa shape index (κ1) is 14.1. The molecule has 0 aliphatic carbocycles. The molecule has 0 aliphatic rings. The van der Waals surface area contributed by atoms with Crippen molar-refractivity contribution in [1.29, 1.82) is 0 Å². The van der Waals surface area contributed by atoms with Crippen molar-refractivity contribution in [1.82, 2.24) is 9.97 Å². The summed E-state index contributed by atoms with van der Waals surface area (Å²) in [6.07, 6.45) is 4.84. The fourth-order valence-electron chi connectivity index (χ4n) is 2.00. The minimum Gasteiger partial charge on any atom is -0.383 e. The van der Waals surface area contributed by atoms with E-state index in [0.29, 0.717) is 11.8 Å². The number of nitrogens with two attached hydrogens (primary N) is 1. The van der Waals surface area contributed by atoms with Gasteiger partial charge in [-0.25, -0.2) is 4.98 Å². The van der Waals surface area contributed by atoms with Crippen LogP contribution in [0.4, 0.5) is 11.8 Å². The van der Waals surface area contributed by atoms with Gasteiger partial charge in [0.25, 0.3) is 0 Å². The number of anilines is 2. The van der Waals surface area contributed by atoms with Gasteiger partial charge in [0, 0.05) is 12.1 Å². The summed E-state index contributed by atoms with van der Waals surface area (Å²) in [6.45, 7) is 4.83. The summed E-state index contributed by atoms with van der Waals surface area (Å²) in [4.78, 5) is 8.79.